The minimum atomic E-state index is -0.462. The Hall–Kier alpha value is -2.74. The van der Waals surface area contributed by atoms with Gasteiger partial charge in [0.25, 0.3) is 0 Å². The van der Waals surface area contributed by atoms with Crippen LogP contribution >= 0.6 is 11.6 Å². The summed E-state index contributed by atoms with van der Waals surface area (Å²) < 4.78 is 11.3. The van der Waals surface area contributed by atoms with Crippen molar-refractivity contribution >= 4 is 22.6 Å². The van der Waals surface area contributed by atoms with Gasteiger partial charge in [0, 0.05) is 35.2 Å². The van der Waals surface area contributed by atoms with Crippen molar-refractivity contribution in [1.82, 2.24) is 4.90 Å². The number of benzene rings is 2. The minimum Gasteiger partial charge on any atom is -0.507 e. The first kappa shape index (κ1) is 20.5. The Bertz CT molecular complexity index is 1170. The maximum atomic E-state index is 12.9. The number of nitrogens with zero attached hydrogens (tertiary/aromatic N) is 1. The maximum Gasteiger partial charge on any atom is 0.197 e. The van der Waals surface area contributed by atoms with Crippen LogP contribution in [0.15, 0.2) is 39.5 Å². The van der Waals surface area contributed by atoms with E-state index in [2.05, 4.69) is 0 Å². The Morgan fingerprint density at radius 2 is 2.00 bits per heavy atom. The summed E-state index contributed by atoms with van der Waals surface area (Å²) in [4.78, 5) is 14.9. The van der Waals surface area contributed by atoms with E-state index in [9.17, 15) is 20.1 Å². The van der Waals surface area contributed by atoms with Gasteiger partial charge >= 0.3 is 0 Å². The number of hydrogen-bond donors (Lipinski definition) is 3. The van der Waals surface area contributed by atoms with E-state index in [1.54, 1.807) is 18.2 Å². The zero-order valence-electron chi connectivity index (χ0n) is 16.6. The largest absolute Gasteiger partial charge is 0.507 e. The summed E-state index contributed by atoms with van der Waals surface area (Å²) in [6.45, 7) is 0.595. The lowest BCUT2D eigenvalue weighted by Crippen LogP contribution is -2.32. The van der Waals surface area contributed by atoms with Gasteiger partial charge in [-0.2, -0.15) is 0 Å². The molecule has 2 atom stereocenters. The maximum absolute atomic E-state index is 12.9. The summed E-state index contributed by atoms with van der Waals surface area (Å²) in [5, 5.41) is 31.2. The second-order valence-corrected chi connectivity index (χ2v) is 7.89. The van der Waals surface area contributed by atoms with E-state index in [4.69, 9.17) is 20.8 Å². The number of phenolic OH excluding ortho intramolecular Hbond substituents is 2. The highest BCUT2D eigenvalue weighted by Crippen LogP contribution is 2.44. The first-order valence-corrected chi connectivity index (χ1v) is 9.91. The van der Waals surface area contributed by atoms with Crippen molar-refractivity contribution in [2.75, 3.05) is 27.3 Å². The lowest BCUT2D eigenvalue weighted by molar-refractivity contribution is 0.172. The van der Waals surface area contributed by atoms with Gasteiger partial charge in [-0.25, -0.2) is 0 Å². The summed E-state index contributed by atoms with van der Waals surface area (Å²) >= 11 is 6.33. The van der Waals surface area contributed by atoms with Crippen LogP contribution in [0, 0.1) is 0 Å². The molecule has 158 valence electrons. The van der Waals surface area contributed by atoms with E-state index in [1.165, 1.54) is 13.2 Å². The van der Waals surface area contributed by atoms with Crippen LogP contribution in [-0.4, -0.2) is 53.6 Å². The van der Waals surface area contributed by atoms with Gasteiger partial charge in [0.15, 0.2) is 5.43 Å². The molecule has 0 aliphatic carbocycles. The number of hydrogen-bond acceptors (Lipinski definition) is 7. The first-order valence-electron chi connectivity index (χ1n) is 9.53. The summed E-state index contributed by atoms with van der Waals surface area (Å²) in [5.41, 5.74) is 0.471. The predicted octanol–water partition coefficient (Wildman–Crippen LogP) is 3.31. The van der Waals surface area contributed by atoms with Crippen molar-refractivity contribution < 1.29 is 24.5 Å². The molecule has 4 rings (SSSR count). The fraction of sp³-hybridized carbons (Fsp3) is 0.318. The van der Waals surface area contributed by atoms with Crippen molar-refractivity contribution in [3.8, 4) is 28.6 Å². The second-order valence-electron chi connectivity index (χ2n) is 7.48. The third kappa shape index (κ3) is 3.29. The van der Waals surface area contributed by atoms with Gasteiger partial charge in [-0.15, -0.1) is 0 Å². The Morgan fingerprint density at radius 1 is 1.23 bits per heavy atom. The Labute approximate surface area is 177 Å². The fourth-order valence-electron chi connectivity index (χ4n) is 4.24. The molecule has 1 aliphatic heterocycles. The van der Waals surface area contributed by atoms with Gasteiger partial charge < -0.3 is 29.4 Å². The Balaban J connectivity index is 2.01. The second kappa shape index (κ2) is 7.83. The smallest absolute Gasteiger partial charge is 0.197 e. The van der Waals surface area contributed by atoms with Crippen LogP contribution in [0.25, 0.3) is 22.3 Å². The summed E-state index contributed by atoms with van der Waals surface area (Å²) in [5.74, 6) is -0.100. The molecule has 0 bridgehead atoms. The number of aliphatic hydroxyl groups is 1. The molecule has 7 nitrogen and oxygen atoms in total. The zero-order valence-corrected chi connectivity index (χ0v) is 17.3. The van der Waals surface area contributed by atoms with Crippen LogP contribution in [0.1, 0.15) is 17.9 Å². The number of aromatic hydroxyl groups is 2. The molecule has 3 aromatic rings. The van der Waals surface area contributed by atoms with Crippen molar-refractivity contribution in [2.24, 2.45) is 0 Å². The molecule has 0 radical (unpaired) electrons. The fourth-order valence-corrected chi connectivity index (χ4v) is 4.45. The van der Waals surface area contributed by atoms with Gasteiger partial charge in [0.05, 0.1) is 18.7 Å². The zero-order chi connectivity index (χ0) is 21.6. The molecule has 8 heteroatoms. The number of halogens is 1. The van der Waals surface area contributed by atoms with Gasteiger partial charge in [-0.3, -0.25) is 4.79 Å². The lowest BCUT2D eigenvalue weighted by Gasteiger charge is -2.24. The van der Waals surface area contributed by atoms with Crippen LogP contribution in [0.4, 0.5) is 0 Å². The topological polar surface area (TPSA) is 103 Å². The van der Waals surface area contributed by atoms with Crippen molar-refractivity contribution in [2.45, 2.75) is 18.4 Å². The minimum absolute atomic E-state index is 0.0168. The molecule has 0 unspecified atom stereocenters. The van der Waals surface area contributed by atoms with Crippen LogP contribution in [0.3, 0.4) is 0 Å². The lowest BCUT2D eigenvalue weighted by atomic mass is 9.89. The molecule has 0 amide bonds. The number of likely N-dealkylation sites (N-methyl/N-ethyl adjacent to an activating group) is 1. The molecule has 2 heterocycles. The monoisotopic (exact) mass is 431 g/mol. The normalized spacial score (nSPS) is 19.5. The first-order chi connectivity index (χ1) is 14.3. The van der Waals surface area contributed by atoms with E-state index in [-0.39, 0.29) is 46.8 Å². The van der Waals surface area contributed by atoms with E-state index in [1.807, 2.05) is 11.9 Å². The van der Waals surface area contributed by atoms with Gasteiger partial charge in [-0.05, 0) is 38.2 Å². The number of aliphatic hydroxyl groups excluding tert-OH is 1. The highest BCUT2D eigenvalue weighted by Gasteiger charge is 2.36. The summed E-state index contributed by atoms with van der Waals surface area (Å²) in [6, 6.07) is 7.13. The molecule has 1 aromatic heterocycles. The average Bonchev–Trinajstić information content (AvgIpc) is 3.07. The third-order valence-corrected chi connectivity index (χ3v) is 6.15. The van der Waals surface area contributed by atoms with Crippen LogP contribution in [0.5, 0.6) is 17.2 Å². The molecule has 3 N–H and O–H groups in total. The van der Waals surface area contributed by atoms with E-state index < -0.39 is 5.43 Å². The van der Waals surface area contributed by atoms with Crippen LogP contribution in [-0.2, 0) is 0 Å². The number of ether oxygens (including phenoxy) is 1. The molecule has 1 saturated heterocycles. The van der Waals surface area contributed by atoms with Gasteiger partial charge in [-0.1, -0.05) is 11.6 Å². The van der Waals surface area contributed by atoms with Gasteiger partial charge in [0.2, 0.25) is 0 Å². The van der Waals surface area contributed by atoms with Crippen molar-refractivity contribution in [3.63, 3.8) is 0 Å². The molecular formula is C22H22ClNO6. The highest BCUT2D eigenvalue weighted by molar-refractivity contribution is 6.33. The number of fused-ring (bicyclic) bond motifs is 1. The number of rotatable bonds is 4. The molecule has 2 aromatic carbocycles. The van der Waals surface area contributed by atoms with E-state index in [0.717, 1.165) is 6.07 Å². The number of phenols is 2. The third-order valence-electron chi connectivity index (χ3n) is 5.82. The molecule has 0 saturated carbocycles. The standard InChI is InChI=1S/C22H22ClNO6/c1-24-6-5-12(15(24)10-25)20-16(26)8-17(27)21-18(28)9-19(30-22(20)21)13-7-11(29-2)3-4-14(13)23/h3-4,7-9,12,15,25-27H,5-6,10H2,1-2H3/t12-,15+/m1/s1. The molecule has 0 spiro atoms. The Morgan fingerprint density at radius 3 is 2.70 bits per heavy atom. The number of likely N-dealkylation sites (tertiary alicyclic amines) is 1. The summed E-state index contributed by atoms with van der Waals surface area (Å²) in [7, 11) is 3.40. The SMILES string of the molecule is COc1ccc(Cl)c(-c2cc(=O)c3c(O)cc(O)c([C@@H]4CCN(C)[C@H]4CO)c3o2)c1. The van der Waals surface area contributed by atoms with Crippen LogP contribution in [0.2, 0.25) is 5.02 Å². The summed E-state index contributed by atoms with van der Waals surface area (Å²) in [6.07, 6.45) is 0.656. The van der Waals surface area contributed by atoms with Crippen molar-refractivity contribution in [3.05, 3.63) is 51.1 Å². The molecular weight excluding hydrogens is 410 g/mol. The van der Waals surface area contributed by atoms with E-state index >= 15 is 0 Å². The average molecular weight is 432 g/mol. The quantitative estimate of drug-likeness (QED) is 0.582. The Kier molecular flexibility index (Phi) is 5.36. The van der Waals surface area contributed by atoms with Crippen LogP contribution < -0.4 is 10.2 Å². The predicted molar refractivity (Wildman–Crippen MR) is 114 cm³/mol. The molecule has 1 aliphatic rings. The molecule has 1 fully saturated rings. The number of methoxy groups -OCH3 is 1. The van der Waals surface area contributed by atoms with Crippen molar-refractivity contribution in [1.29, 1.82) is 0 Å². The highest BCUT2D eigenvalue weighted by atomic mass is 35.5. The molecule has 30 heavy (non-hydrogen) atoms. The van der Waals surface area contributed by atoms with E-state index in [0.29, 0.717) is 34.9 Å². The van der Waals surface area contributed by atoms with Gasteiger partial charge in [0.1, 0.15) is 34.0 Å².